The van der Waals surface area contributed by atoms with Gasteiger partial charge in [-0.2, -0.15) is 0 Å². The second-order valence-corrected chi connectivity index (χ2v) is 6.92. The molecule has 1 fully saturated rings. The quantitative estimate of drug-likeness (QED) is 0.904. The van der Waals surface area contributed by atoms with E-state index < -0.39 is 0 Å². The van der Waals surface area contributed by atoms with Gasteiger partial charge in [0.25, 0.3) is 0 Å². The second kappa shape index (κ2) is 7.21. The van der Waals surface area contributed by atoms with Gasteiger partial charge in [-0.3, -0.25) is 9.69 Å². The molecule has 6 heteroatoms. The fourth-order valence-electron chi connectivity index (χ4n) is 2.72. The molecule has 23 heavy (non-hydrogen) atoms. The molecular weight excluding hydrogens is 308 g/mol. The minimum absolute atomic E-state index is 0.206. The number of hydrogen-bond acceptors (Lipinski definition) is 5. The van der Waals surface area contributed by atoms with Gasteiger partial charge in [-0.1, -0.05) is 24.3 Å². The molecule has 0 spiro atoms. The summed E-state index contributed by atoms with van der Waals surface area (Å²) < 4.78 is 0. The van der Waals surface area contributed by atoms with E-state index in [2.05, 4.69) is 46.1 Å². The molecule has 2 N–H and O–H groups in total. The second-order valence-electron chi connectivity index (χ2n) is 6.06. The highest BCUT2D eigenvalue weighted by molar-refractivity contribution is 7.13. The number of piperazine rings is 1. The first-order chi connectivity index (χ1) is 11.1. The fraction of sp³-hybridized carbons (Fsp3) is 0.412. The fourth-order valence-corrected chi connectivity index (χ4v) is 3.54. The smallest absolute Gasteiger partial charge is 0.223 e. The number of benzene rings is 1. The van der Waals surface area contributed by atoms with E-state index in [9.17, 15) is 4.79 Å². The average molecular weight is 330 g/mol. The number of rotatable bonds is 5. The third-order valence-electron chi connectivity index (χ3n) is 4.11. The Morgan fingerprint density at radius 3 is 2.57 bits per heavy atom. The van der Waals surface area contributed by atoms with Crippen LogP contribution >= 0.6 is 11.3 Å². The highest BCUT2D eigenvalue weighted by Crippen LogP contribution is 2.24. The van der Waals surface area contributed by atoms with Crippen LogP contribution in [-0.4, -0.2) is 53.9 Å². The van der Waals surface area contributed by atoms with Crippen LogP contribution in [0.15, 0.2) is 29.6 Å². The van der Waals surface area contributed by atoms with Gasteiger partial charge in [0, 0.05) is 43.7 Å². The molecule has 0 unspecified atom stereocenters. The predicted octanol–water partition coefficient (Wildman–Crippen LogP) is 1.59. The molecule has 1 aromatic heterocycles. The molecule has 0 radical (unpaired) electrons. The topological polar surface area (TPSA) is 62.5 Å². The van der Waals surface area contributed by atoms with Crippen molar-refractivity contribution >= 4 is 17.2 Å². The number of thiazole rings is 1. The Labute approximate surface area is 140 Å². The lowest BCUT2D eigenvalue weighted by molar-refractivity contribution is -0.117. The summed E-state index contributed by atoms with van der Waals surface area (Å²) in [5.74, 6) is -0.343. The largest absolute Gasteiger partial charge is 0.369 e. The summed E-state index contributed by atoms with van der Waals surface area (Å²) in [5, 5.41) is 2.84. The van der Waals surface area contributed by atoms with Crippen molar-refractivity contribution in [3.8, 4) is 10.6 Å². The van der Waals surface area contributed by atoms with Crippen LogP contribution in [0.5, 0.6) is 0 Å². The molecular formula is C17H22N4OS. The van der Waals surface area contributed by atoms with Gasteiger partial charge in [0.05, 0.1) is 12.1 Å². The maximum absolute atomic E-state index is 10.9. The Morgan fingerprint density at radius 2 is 1.91 bits per heavy atom. The van der Waals surface area contributed by atoms with Crippen LogP contribution in [0.3, 0.4) is 0 Å². The first-order valence-corrected chi connectivity index (χ1v) is 8.71. The normalized spacial score (nSPS) is 16.6. The molecule has 1 amide bonds. The zero-order valence-corrected chi connectivity index (χ0v) is 14.2. The summed E-state index contributed by atoms with van der Waals surface area (Å²) in [6, 6.07) is 8.56. The molecule has 1 saturated heterocycles. The number of aromatic nitrogens is 1. The van der Waals surface area contributed by atoms with Gasteiger partial charge in [0.15, 0.2) is 0 Å². The van der Waals surface area contributed by atoms with E-state index in [1.807, 2.05) is 5.38 Å². The van der Waals surface area contributed by atoms with Crippen molar-refractivity contribution in [1.29, 1.82) is 0 Å². The van der Waals surface area contributed by atoms with Crippen molar-refractivity contribution in [2.75, 3.05) is 33.2 Å². The number of primary amides is 1. The van der Waals surface area contributed by atoms with Gasteiger partial charge >= 0.3 is 0 Å². The van der Waals surface area contributed by atoms with Crippen molar-refractivity contribution in [2.24, 2.45) is 5.73 Å². The van der Waals surface area contributed by atoms with Gasteiger partial charge in [0.1, 0.15) is 5.01 Å². The summed E-state index contributed by atoms with van der Waals surface area (Å²) in [6.45, 7) is 5.53. The lowest BCUT2D eigenvalue weighted by Crippen LogP contribution is -2.43. The predicted molar refractivity (Wildman–Crippen MR) is 93.2 cm³/mol. The maximum Gasteiger partial charge on any atom is 0.223 e. The van der Waals surface area contributed by atoms with Crippen LogP contribution in [0.2, 0.25) is 0 Å². The van der Waals surface area contributed by atoms with Gasteiger partial charge in [-0.15, -0.1) is 11.3 Å². The van der Waals surface area contributed by atoms with E-state index in [0.29, 0.717) is 0 Å². The Morgan fingerprint density at radius 1 is 1.22 bits per heavy atom. The molecule has 1 aromatic carbocycles. The highest BCUT2D eigenvalue weighted by Gasteiger charge is 2.14. The minimum Gasteiger partial charge on any atom is -0.369 e. The molecule has 0 bridgehead atoms. The SMILES string of the molecule is CN1CCN(Cc2ccc(-c3nc(CC(N)=O)cs3)cc2)CC1. The molecule has 2 aromatic rings. The summed E-state index contributed by atoms with van der Waals surface area (Å²) in [7, 11) is 2.17. The molecule has 1 aliphatic heterocycles. The third kappa shape index (κ3) is 4.37. The standard InChI is InChI=1S/C17H22N4OS/c1-20-6-8-21(9-7-20)11-13-2-4-14(5-3-13)17-19-15(12-23-17)10-16(18)22/h2-5,12H,6-11H2,1H3,(H2,18,22). The zero-order valence-electron chi connectivity index (χ0n) is 13.4. The highest BCUT2D eigenvalue weighted by atomic mass is 32.1. The molecule has 0 atom stereocenters. The van der Waals surface area contributed by atoms with E-state index in [-0.39, 0.29) is 12.3 Å². The van der Waals surface area contributed by atoms with Crippen LogP contribution < -0.4 is 5.73 Å². The molecule has 1 aliphatic rings. The Hall–Kier alpha value is -1.76. The van der Waals surface area contributed by atoms with Gasteiger partial charge in [0.2, 0.25) is 5.91 Å². The molecule has 0 aliphatic carbocycles. The molecule has 0 saturated carbocycles. The number of likely N-dealkylation sites (N-methyl/N-ethyl adjacent to an activating group) is 1. The summed E-state index contributed by atoms with van der Waals surface area (Å²) in [5.41, 5.74) is 8.37. The van der Waals surface area contributed by atoms with Gasteiger partial charge in [-0.05, 0) is 12.6 Å². The van der Waals surface area contributed by atoms with Gasteiger partial charge < -0.3 is 10.6 Å². The number of carbonyl (C=O) groups is 1. The Bertz CT molecular complexity index is 659. The van der Waals surface area contributed by atoms with Crippen molar-refractivity contribution < 1.29 is 4.79 Å². The van der Waals surface area contributed by atoms with E-state index in [1.165, 1.54) is 5.56 Å². The van der Waals surface area contributed by atoms with E-state index in [1.54, 1.807) is 11.3 Å². The minimum atomic E-state index is -0.343. The van der Waals surface area contributed by atoms with Crippen LogP contribution in [-0.2, 0) is 17.8 Å². The van der Waals surface area contributed by atoms with Crippen LogP contribution in [0.4, 0.5) is 0 Å². The van der Waals surface area contributed by atoms with Crippen molar-refractivity contribution in [1.82, 2.24) is 14.8 Å². The number of nitrogens with two attached hydrogens (primary N) is 1. The molecule has 2 heterocycles. The average Bonchev–Trinajstić information content (AvgIpc) is 2.98. The van der Waals surface area contributed by atoms with Crippen molar-refractivity contribution in [2.45, 2.75) is 13.0 Å². The number of amides is 1. The molecule has 5 nitrogen and oxygen atoms in total. The maximum atomic E-state index is 10.9. The lowest BCUT2D eigenvalue weighted by atomic mass is 10.1. The van der Waals surface area contributed by atoms with Crippen LogP contribution in [0, 0.1) is 0 Å². The monoisotopic (exact) mass is 330 g/mol. The number of nitrogens with zero attached hydrogens (tertiary/aromatic N) is 3. The van der Waals surface area contributed by atoms with Crippen LogP contribution in [0.25, 0.3) is 10.6 Å². The van der Waals surface area contributed by atoms with Crippen molar-refractivity contribution in [3.63, 3.8) is 0 Å². The third-order valence-corrected chi connectivity index (χ3v) is 5.05. The zero-order chi connectivity index (χ0) is 16.2. The van der Waals surface area contributed by atoms with Crippen molar-refractivity contribution in [3.05, 3.63) is 40.9 Å². The first-order valence-electron chi connectivity index (χ1n) is 7.83. The molecule has 122 valence electrons. The van der Waals surface area contributed by atoms with E-state index in [4.69, 9.17) is 5.73 Å². The van der Waals surface area contributed by atoms with Gasteiger partial charge in [-0.25, -0.2) is 4.98 Å². The lowest BCUT2D eigenvalue weighted by Gasteiger charge is -2.32. The van der Waals surface area contributed by atoms with E-state index in [0.717, 1.165) is 49.0 Å². The van der Waals surface area contributed by atoms with Crippen LogP contribution in [0.1, 0.15) is 11.3 Å². The first kappa shape index (κ1) is 16.1. The summed E-state index contributed by atoms with van der Waals surface area (Å²) >= 11 is 1.55. The number of carbonyl (C=O) groups excluding carboxylic acids is 1. The summed E-state index contributed by atoms with van der Waals surface area (Å²) in [6.07, 6.45) is 0.206. The number of hydrogen-bond donors (Lipinski definition) is 1. The Kier molecular flexibility index (Phi) is 5.05. The Balaban J connectivity index is 1.62. The van der Waals surface area contributed by atoms with E-state index >= 15 is 0 Å². The summed E-state index contributed by atoms with van der Waals surface area (Å²) in [4.78, 5) is 20.3. The molecule has 3 rings (SSSR count).